The molecule has 1 N–H and O–H groups in total. The molecule has 0 bridgehead atoms. The molecule has 3 aromatic rings. The number of non-ortho nitro benzene ring substituents is 1. The van der Waals surface area contributed by atoms with Crippen LogP contribution in [0.5, 0.6) is 5.75 Å². The van der Waals surface area contributed by atoms with Crippen LogP contribution in [0, 0.1) is 15.5 Å². The van der Waals surface area contributed by atoms with Crippen molar-refractivity contribution >= 4 is 45.5 Å². The molecule has 2 aliphatic rings. The normalized spacial score (nSPS) is 16.0. The summed E-state index contributed by atoms with van der Waals surface area (Å²) >= 11 is 1.30. The second kappa shape index (κ2) is 9.96. The number of nitro groups is 1. The van der Waals surface area contributed by atoms with Crippen molar-refractivity contribution in [3.05, 3.63) is 111 Å². The zero-order valence-electron chi connectivity index (χ0n) is 18.8. The Morgan fingerprint density at radius 1 is 1.00 bits per heavy atom. The Labute approximate surface area is 210 Å². The number of ether oxygens (including phenoxy) is 1. The summed E-state index contributed by atoms with van der Waals surface area (Å²) in [7, 11) is 0. The number of hydrazone groups is 1. The summed E-state index contributed by atoms with van der Waals surface area (Å²) in [5, 5.41) is 26.4. The maximum atomic E-state index is 12.7. The van der Waals surface area contributed by atoms with Crippen LogP contribution in [0.25, 0.3) is 6.08 Å². The van der Waals surface area contributed by atoms with Gasteiger partial charge in [0.1, 0.15) is 17.4 Å². The predicted molar refractivity (Wildman–Crippen MR) is 139 cm³/mol. The highest BCUT2D eigenvalue weighted by atomic mass is 32.2. The van der Waals surface area contributed by atoms with Gasteiger partial charge in [-0.15, -0.1) is 0 Å². The van der Waals surface area contributed by atoms with Gasteiger partial charge in [-0.3, -0.25) is 20.3 Å². The zero-order chi connectivity index (χ0) is 25.1. The Balaban J connectivity index is 1.25. The summed E-state index contributed by atoms with van der Waals surface area (Å²) < 4.78 is 5.75. The van der Waals surface area contributed by atoms with Gasteiger partial charge in [0.2, 0.25) is 5.17 Å². The van der Waals surface area contributed by atoms with Crippen molar-refractivity contribution in [1.29, 1.82) is 5.41 Å². The number of hydrogen-bond acceptors (Lipinski definition) is 7. The van der Waals surface area contributed by atoms with Gasteiger partial charge in [-0.2, -0.15) is 15.1 Å². The third kappa shape index (κ3) is 5.08. The van der Waals surface area contributed by atoms with E-state index < -0.39 is 10.8 Å². The minimum Gasteiger partial charge on any atom is -0.489 e. The number of benzene rings is 3. The second-order valence-electron chi connectivity index (χ2n) is 7.96. The van der Waals surface area contributed by atoms with Gasteiger partial charge in [0.05, 0.1) is 10.5 Å². The highest BCUT2D eigenvalue weighted by Gasteiger charge is 2.35. The lowest BCUT2D eigenvalue weighted by atomic mass is 10.1. The molecule has 5 rings (SSSR count). The lowest BCUT2D eigenvalue weighted by Crippen LogP contribution is -2.35. The van der Waals surface area contributed by atoms with Gasteiger partial charge in [-0.1, -0.05) is 42.5 Å². The Hall–Kier alpha value is -4.57. The van der Waals surface area contributed by atoms with Crippen LogP contribution in [0.2, 0.25) is 0 Å². The van der Waals surface area contributed by atoms with Gasteiger partial charge in [-0.25, -0.2) is 0 Å². The fourth-order valence-electron chi connectivity index (χ4n) is 3.58. The maximum absolute atomic E-state index is 12.7. The summed E-state index contributed by atoms with van der Waals surface area (Å²) in [4.78, 5) is 27.1. The topological polar surface area (TPSA) is 121 Å². The molecule has 0 saturated heterocycles. The highest BCUT2D eigenvalue weighted by Crippen LogP contribution is 2.30. The molecule has 0 atom stereocenters. The lowest BCUT2D eigenvalue weighted by molar-refractivity contribution is -0.384. The highest BCUT2D eigenvalue weighted by molar-refractivity contribution is 8.26. The van der Waals surface area contributed by atoms with Gasteiger partial charge < -0.3 is 4.74 Å². The standard InChI is InChI=1S/C26H19N5O4S/c27-24-22(25(32)28-26-30(24)29-23(36-26)15-17-4-2-1-3-5-17)14-18-8-12-21(13-9-18)35-16-19-6-10-20(11-7-19)31(33)34/h1-14,27H,15-16H2. The van der Waals surface area contributed by atoms with Crippen molar-refractivity contribution in [1.82, 2.24) is 5.01 Å². The zero-order valence-corrected chi connectivity index (χ0v) is 19.6. The summed E-state index contributed by atoms with van der Waals surface area (Å²) in [5.41, 5.74) is 2.79. The molecule has 36 heavy (non-hydrogen) atoms. The third-order valence-corrected chi connectivity index (χ3v) is 6.35. The third-order valence-electron chi connectivity index (χ3n) is 5.44. The Morgan fingerprint density at radius 2 is 1.72 bits per heavy atom. The van der Waals surface area contributed by atoms with E-state index >= 15 is 0 Å². The molecule has 0 spiro atoms. The number of carbonyl (C=O) groups is 1. The van der Waals surface area contributed by atoms with E-state index in [1.807, 2.05) is 30.3 Å². The van der Waals surface area contributed by atoms with Gasteiger partial charge in [-0.05, 0) is 58.8 Å². The number of amidine groups is 2. The number of nitrogens with one attached hydrogen (secondary N) is 1. The molecule has 0 radical (unpaired) electrons. The number of thioether (sulfide) groups is 1. The summed E-state index contributed by atoms with van der Waals surface area (Å²) in [6.45, 7) is 0.259. The number of amides is 1. The van der Waals surface area contributed by atoms with Crippen molar-refractivity contribution in [3.8, 4) is 5.75 Å². The van der Waals surface area contributed by atoms with Crippen LogP contribution in [0.4, 0.5) is 5.69 Å². The molecule has 0 fully saturated rings. The lowest BCUT2D eigenvalue weighted by Gasteiger charge is -2.20. The summed E-state index contributed by atoms with van der Waals surface area (Å²) in [6.07, 6.45) is 2.21. The number of hydrogen-bond donors (Lipinski definition) is 1. The summed E-state index contributed by atoms with van der Waals surface area (Å²) in [5.74, 6) is 0.111. The van der Waals surface area contributed by atoms with Crippen LogP contribution in [-0.4, -0.2) is 31.9 Å². The number of rotatable bonds is 7. The van der Waals surface area contributed by atoms with E-state index in [1.54, 1.807) is 42.5 Å². The Kier molecular flexibility index (Phi) is 6.42. The molecular weight excluding hydrogens is 478 g/mol. The first-order valence-electron chi connectivity index (χ1n) is 11.0. The van der Waals surface area contributed by atoms with Crippen molar-refractivity contribution in [3.63, 3.8) is 0 Å². The predicted octanol–water partition coefficient (Wildman–Crippen LogP) is 5.04. The van der Waals surface area contributed by atoms with E-state index in [-0.39, 0.29) is 23.7 Å². The monoisotopic (exact) mass is 497 g/mol. The van der Waals surface area contributed by atoms with Crippen LogP contribution in [-0.2, 0) is 17.8 Å². The summed E-state index contributed by atoms with van der Waals surface area (Å²) in [6, 6.07) is 23.1. The average Bonchev–Trinajstić information content (AvgIpc) is 3.29. The smallest absolute Gasteiger partial charge is 0.283 e. The van der Waals surface area contributed by atoms with E-state index in [4.69, 9.17) is 10.1 Å². The van der Waals surface area contributed by atoms with Crippen molar-refractivity contribution < 1.29 is 14.5 Å². The minimum absolute atomic E-state index is 0.0148. The molecule has 0 saturated carbocycles. The molecule has 3 aromatic carbocycles. The number of carbonyl (C=O) groups excluding carboxylic acids is 1. The van der Waals surface area contributed by atoms with E-state index in [2.05, 4.69) is 10.1 Å². The van der Waals surface area contributed by atoms with Crippen LogP contribution in [0.1, 0.15) is 16.7 Å². The SMILES string of the molecule is N=C1C(=Cc2ccc(OCc3ccc([N+](=O)[O-])cc3)cc2)C(=O)N=C2SC(Cc3ccccc3)=NN12. The van der Waals surface area contributed by atoms with E-state index in [9.17, 15) is 14.9 Å². The maximum Gasteiger partial charge on any atom is 0.283 e. The molecule has 178 valence electrons. The molecule has 2 aliphatic heterocycles. The van der Waals surface area contributed by atoms with Crippen LogP contribution >= 0.6 is 11.8 Å². The number of nitro benzene ring substituents is 1. The molecule has 2 heterocycles. The van der Waals surface area contributed by atoms with Gasteiger partial charge in [0.15, 0.2) is 5.84 Å². The first kappa shape index (κ1) is 23.2. The number of nitrogens with zero attached hydrogens (tertiary/aromatic N) is 4. The fraction of sp³-hybridized carbons (Fsp3) is 0.0769. The molecule has 1 amide bonds. The van der Waals surface area contributed by atoms with Crippen LogP contribution in [0.15, 0.2) is 94.5 Å². The Bertz CT molecular complexity index is 1430. The van der Waals surface area contributed by atoms with Crippen molar-refractivity contribution in [2.75, 3.05) is 0 Å². The largest absolute Gasteiger partial charge is 0.489 e. The van der Waals surface area contributed by atoms with Crippen molar-refractivity contribution in [2.24, 2.45) is 10.1 Å². The van der Waals surface area contributed by atoms with E-state index in [1.165, 1.54) is 28.9 Å². The number of fused-ring (bicyclic) bond motifs is 1. The van der Waals surface area contributed by atoms with Crippen molar-refractivity contribution in [2.45, 2.75) is 13.0 Å². The molecule has 9 nitrogen and oxygen atoms in total. The molecule has 0 aliphatic carbocycles. The molecule has 0 aromatic heterocycles. The minimum atomic E-state index is -0.478. The molecule has 10 heteroatoms. The second-order valence-corrected chi connectivity index (χ2v) is 9.00. The van der Waals surface area contributed by atoms with Gasteiger partial charge in [0, 0.05) is 18.6 Å². The van der Waals surface area contributed by atoms with Gasteiger partial charge >= 0.3 is 0 Å². The van der Waals surface area contributed by atoms with E-state index in [0.717, 1.165) is 16.2 Å². The van der Waals surface area contributed by atoms with Crippen LogP contribution < -0.4 is 4.74 Å². The molecular formula is C26H19N5O4S. The first-order chi connectivity index (χ1) is 17.5. The molecule has 0 unspecified atom stereocenters. The average molecular weight is 498 g/mol. The quantitative estimate of drug-likeness (QED) is 0.277. The fourth-order valence-corrected chi connectivity index (χ4v) is 4.50. The number of aliphatic imine (C=N–C) groups is 1. The van der Waals surface area contributed by atoms with Crippen LogP contribution in [0.3, 0.4) is 0 Å². The Morgan fingerprint density at radius 3 is 2.42 bits per heavy atom. The van der Waals surface area contributed by atoms with E-state index in [0.29, 0.717) is 22.9 Å². The first-order valence-corrected chi connectivity index (χ1v) is 11.8. The van der Waals surface area contributed by atoms with Gasteiger partial charge in [0.25, 0.3) is 11.6 Å².